The van der Waals surface area contributed by atoms with Gasteiger partial charge >= 0.3 is 0 Å². The van der Waals surface area contributed by atoms with Gasteiger partial charge in [0, 0.05) is 22.6 Å². The molecule has 10 heteroatoms. The number of anilines is 1. The number of sulfonamides is 1. The van der Waals surface area contributed by atoms with Crippen molar-refractivity contribution in [2.24, 2.45) is 0 Å². The SMILES string of the molecule is Cc1c(Cl)cccc1N(CC(=O)N(Cc1ccccc1Cl)[C@H](C)C(=O)NC1CCCC1)S(C)(=O)=O. The summed E-state index contributed by atoms with van der Waals surface area (Å²) in [6.45, 7) is 2.92. The molecule has 0 unspecified atom stereocenters. The quantitative estimate of drug-likeness (QED) is 0.506. The summed E-state index contributed by atoms with van der Waals surface area (Å²) in [5.74, 6) is -0.800. The highest BCUT2D eigenvalue weighted by Crippen LogP contribution is 2.29. The summed E-state index contributed by atoms with van der Waals surface area (Å²) in [7, 11) is -3.83. The first-order valence-electron chi connectivity index (χ1n) is 11.5. The number of amides is 2. The summed E-state index contributed by atoms with van der Waals surface area (Å²) < 4.78 is 26.4. The molecule has 3 rings (SSSR count). The predicted molar refractivity (Wildman–Crippen MR) is 140 cm³/mol. The Morgan fingerprint density at radius 1 is 1.06 bits per heavy atom. The number of hydrogen-bond acceptors (Lipinski definition) is 4. The highest BCUT2D eigenvalue weighted by atomic mass is 35.5. The molecule has 1 aliphatic rings. The molecular formula is C25H31Cl2N3O4S. The van der Waals surface area contributed by atoms with E-state index in [0.29, 0.717) is 26.9 Å². The average Bonchev–Trinajstić information content (AvgIpc) is 3.30. The van der Waals surface area contributed by atoms with Crippen LogP contribution in [0.3, 0.4) is 0 Å². The van der Waals surface area contributed by atoms with Gasteiger partial charge in [-0.25, -0.2) is 8.42 Å². The van der Waals surface area contributed by atoms with Gasteiger partial charge in [0.25, 0.3) is 0 Å². The number of rotatable bonds is 9. The molecular weight excluding hydrogens is 509 g/mol. The van der Waals surface area contributed by atoms with E-state index in [1.807, 2.05) is 0 Å². The molecule has 2 amide bonds. The van der Waals surface area contributed by atoms with Gasteiger partial charge in [-0.3, -0.25) is 13.9 Å². The molecule has 1 aliphatic carbocycles. The largest absolute Gasteiger partial charge is 0.352 e. The zero-order chi connectivity index (χ0) is 25.8. The number of carbonyl (C=O) groups excluding carboxylic acids is 2. The fourth-order valence-electron chi connectivity index (χ4n) is 4.25. The molecule has 1 N–H and O–H groups in total. The second-order valence-corrected chi connectivity index (χ2v) is 11.7. The van der Waals surface area contributed by atoms with Crippen LogP contribution in [0.2, 0.25) is 10.0 Å². The lowest BCUT2D eigenvalue weighted by molar-refractivity contribution is -0.139. The van der Waals surface area contributed by atoms with Crippen LogP contribution in [0.1, 0.15) is 43.7 Å². The third-order valence-electron chi connectivity index (χ3n) is 6.35. The number of halogens is 2. The molecule has 0 heterocycles. The summed E-state index contributed by atoms with van der Waals surface area (Å²) >= 11 is 12.6. The minimum Gasteiger partial charge on any atom is -0.352 e. The van der Waals surface area contributed by atoms with Crippen LogP contribution in [0, 0.1) is 6.92 Å². The van der Waals surface area contributed by atoms with Gasteiger partial charge in [0.15, 0.2) is 0 Å². The molecule has 35 heavy (non-hydrogen) atoms. The van der Waals surface area contributed by atoms with Crippen LogP contribution in [0.4, 0.5) is 5.69 Å². The van der Waals surface area contributed by atoms with Crippen LogP contribution in [0.5, 0.6) is 0 Å². The van der Waals surface area contributed by atoms with E-state index in [-0.39, 0.29) is 18.5 Å². The van der Waals surface area contributed by atoms with Crippen LogP contribution in [0.25, 0.3) is 0 Å². The van der Waals surface area contributed by atoms with Crippen molar-refractivity contribution in [1.82, 2.24) is 10.2 Å². The molecule has 2 aromatic carbocycles. The van der Waals surface area contributed by atoms with Crippen molar-refractivity contribution >= 4 is 50.7 Å². The van der Waals surface area contributed by atoms with Gasteiger partial charge in [-0.1, -0.05) is 60.3 Å². The third kappa shape index (κ3) is 6.90. The molecule has 2 aromatic rings. The van der Waals surface area contributed by atoms with Gasteiger partial charge < -0.3 is 10.2 Å². The smallest absolute Gasteiger partial charge is 0.244 e. The molecule has 0 spiro atoms. The van der Waals surface area contributed by atoms with Crippen LogP contribution < -0.4 is 9.62 Å². The Hall–Kier alpha value is -2.29. The molecule has 1 fully saturated rings. The lowest BCUT2D eigenvalue weighted by atomic mass is 10.1. The van der Waals surface area contributed by atoms with Gasteiger partial charge in [0.1, 0.15) is 12.6 Å². The highest BCUT2D eigenvalue weighted by Gasteiger charge is 2.32. The predicted octanol–water partition coefficient (Wildman–Crippen LogP) is 4.54. The van der Waals surface area contributed by atoms with E-state index < -0.39 is 28.5 Å². The minimum atomic E-state index is -3.83. The fourth-order valence-corrected chi connectivity index (χ4v) is 5.51. The summed E-state index contributed by atoms with van der Waals surface area (Å²) in [6, 6.07) is 11.2. The first kappa shape index (κ1) is 27.3. The number of benzene rings is 2. The number of carbonyl (C=O) groups is 2. The molecule has 1 atom stereocenters. The van der Waals surface area contributed by atoms with Crippen LogP contribution in [-0.2, 0) is 26.2 Å². The Kier molecular flexibility index (Phi) is 9.07. The summed E-state index contributed by atoms with van der Waals surface area (Å²) in [6.07, 6.45) is 4.97. The molecule has 0 aromatic heterocycles. The highest BCUT2D eigenvalue weighted by molar-refractivity contribution is 7.92. The maximum absolute atomic E-state index is 13.6. The molecule has 0 bridgehead atoms. The maximum Gasteiger partial charge on any atom is 0.244 e. The van der Waals surface area contributed by atoms with Gasteiger partial charge in [0.2, 0.25) is 21.8 Å². The standard InChI is InChI=1S/C25H31Cl2N3O4S/c1-17-21(26)13-8-14-23(17)30(35(3,33)34)16-24(31)29(15-19-9-4-7-12-22(19)27)18(2)25(32)28-20-10-5-6-11-20/h4,7-9,12-14,18,20H,5-6,10-11,15-16H2,1-3H3,(H,28,32)/t18-/m1/s1. The van der Waals surface area contributed by atoms with Crippen molar-refractivity contribution in [2.45, 2.75) is 58.2 Å². The van der Waals surface area contributed by atoms with Gasteiger partial charge in [-0.05, 0) is 56.0 Å². The third-order valence-corrected chi connectivity index (χ3v) is 8.26. The van der Waals surface area contributed by atoms with E-state index in [0.717, 1.165) is 36.2 Å². The molecule has 7 nitrogen and oxygen atoms in total. The summed E-state index contributed by atoms with van der Waals surface area (Å²) in [4.78, 5) is 28.1. The lowest BCUT2D eigenvalue weighted by Gasteiger charge is -2.32. The van der Waals surface area contributed by atoms with Crippen molar-refractivity contribution in [1.29, 1.82) is 0 Å². The second-order valence-electron chi connectivity index (χ2n) is 8.93. The first-order valence-corrected chi connectivity index (χ1v) is 14.2. The van der Waals surface area contributed by atoms with Gasteiger partial charge in [0.05, 0.1) is 11.9 Å². The monoisotopic (exact) mass is 539 g/mol. The van der Waals surface area contributed by atoms with E-state index in [2.05, 4.69) is 5.32 Å². The first-order chi connectivity index (χ1) is 16.5. The molecule has 190 valence electrons. The Labute approximate surface area is 217 Å². The summed E-state index contributed by atoms with van der Waals surface area (Å²) in [5, 5.41) is 3.88. The lowest BCUT2D eigenvalue weighted by Crippen LogP contribution is -2.52. The van der Waals surface area contributed by atoms with Crippen LogP contribution in [0.15, 0.2) is 42.5 Å². The van der Waals surface area contributed by atoms with E-state index in [9.17, 15) is 18.0 Å². The van der Waals surface area contributed by atoms with Gasteiger partial charge in [-0.15, -0.1) is 0 Å². The van der Waals surface area contributed by atoms with Crippen LogP contribution >= 0.6 is 23.2 Å². The van der Waals surface area contributed by atoms with E-state index in [1.165, 1.54) is 4.90 Å². The average molecular weight is 541 g/mol. The van der Waals surface area contributed by atoms with E-state index in [4.69, 9.17) is 23.2 Å². The van der Waals surface area contributed by atoms with Crippen molar-refractivity contribution in [2.75, 3.05) is 17.1 Å². The minimum absolute atomic E-state index is 0.0594. The number of nitrogens with zero attached hydrogens (tertiary/aromatic N) is 2. The molecule has 1 saturated carbocycles. The van der Waals surface area contributed by atoms with Gasteiger partial charge in [-0.2, -0.15) is 0 Å². The van der Waals surface area contributed by atoms with E-state index >= 15 is 0 Å². The molecule has 0 radical (unpaired) electrons. The fraction of sp³-hybridized carbons (Fsp3) is 0.440. The Morgan fingerprint density at radius 3 is 2.31 bits per heavy atom. The Morgan fingerprint density at radius 2 is 1.69 bits per heavy atom. The molecule has 0 saturated heterocycles. The van der Waals surface area contributed by atoms with Crippen molar-refractivity contribution < 1.29 is 18.0 Å². The molecule has 0 aliphatic heterocycles. The second kappa shape index (κ2) is 11.6. The summed E-state index contributed by atoms with van der Waals surface area (Å²) in [5.41, 5.74) is 1.51. The number of hydrogen-bond donors (Lipinski definition) is 1. The van der Waals surface area contributed by atoms with Crippen molar-refractivity contribution in [3.8, 4) is 0 Å². The zero-order valence-corrected chi connectivity index (χ0v) is 22.5. The topological polar surface area (TPSA) is 86.8 Å². The Bertz CT molecular complexity index is 1180. The zero-order valence-electron chi connectivity index (χ0n) is 20.1. The Balaban J connectivity index is 1.92. The van der Waals surface area contributed by atoms with E-state index in [1.54, 1.807) is 56.3 Å². The van der Waals surface area contributed by atoms with Crippen molar-refractivity contribution in [3.63, 3.8) is 0 Å². The van der Waals surface area contributed by atoms with Crippen LogP contribution in [-0.4, -0.2) is 50.0 Å². The normalized spacial score (nSPS) is 15.0. The van der Waals surface area contributed by atoms with Crippen molar-refractivity contribution in [3.05, 3.63) is 63.6 Å². The maximum atomic E-state index is 13.6. The number of nitrogens with one attached hydrogen (secondary N) is 1.